The van der Waals surface area contributed by atoms with Crippen LogP contribution in [0, 0.1) is 0 Å². The van der Waals surface area contributed by atoms with Crippen molar-refractivity contribution < 1.29 is 17.4 Å². The summed E-state index contributed by atoms with van der Waals surface area (Å²) in [6, 6.07) is 4.99. The van der Waals surface area contributed by atoms with Crippen LogP contribution in [0.4, 0.5) is 13.2 Å². The van der Waals surface area contributed by atoms with Crippen molar-refractivity contribution in [1.29, 1.82) is 0 Å². The molecule has 0 radical (unpaired) electrons. The molecule has 1 rings (SSSR count). The number of halogens is 3. The highest BCUT2D eigenvalue weighted by molar-refractivity contribution is 7.94. The molecule has 1 aromatic rings. The fraction of sp³-hybridized carbons (Fsp3) is 0.250. The molecule has 0 spiro atoms. The van der Waals surface area contributed by atoms with Crippen molar-refractivity contribution in [2.45, 2.75) is 11.1 Å². The van der Waals surface area contributed by atoms with E-state index in [1.54, 1.807) is 6.07 Å². The van der Waals surface area contributed by atoms with Crippen LogP contribution in [0.25, 0.3) is 0 Å². The first-order chi connectivity index (χ1) is 6.04. The van der Waals surface area contributed by atoms with E-state index in [0.29, 0.717) is 4.90 Å². The first kappa shape index (κ1) is 10.4. The number of hydrogen-bond acceptors (Lipinski definition) is 2. The zero-order chi connectivity index (χ0) is 9.90. The highest BCUT2D eigenvalue weighted by Crippen LogP contribution is 2.31. The van der Waals surface area contributed by atoms with E-state index in [1.807, 2.05) is 0 Å². The van der Waals surface area contributed by atoms with Crippen LogP contribution < -0.4 is 0 Å². The van der Waals surface area contributed by atoms with Gasteiger partial charge >= 0.3 is 6.18 Å². The van der Waals surface area contributed by atoms with Crippen LogP contribution in [0.5, 0.6) is 0 Å². The van der Waals surface area contributed by atoms with Gasteiger partial charge < -0.3 is 4.18 Å². The van der Waals surface area contributed by atoms with Crippen LogP contribution in [0.1, 0.15) is 5.56 Å². The summed E-state index contributed by atoms with van der Waals surface area (Å²) in [4.78, 5) is 0.442. The number of rotatable bonds is 2. The molecule has 1 aromatic carbocycles. The second-order valence-electron chi connectivity index (χ2n) is 2.28. The van der Waals surface area contributed by atoms with Gasteiger partial charge in [0.25, 0.3) is 0 Å². The van der Waals surface area contributed by atoms with Crippen LogP contribution in [-0.2, 0) is 10.4 Å². The predicted octanol–water partition coefficient (Wildman–Crippen LogP) is 3.36. The van der Waals surface area contributed by atoms with Gasteiger partial charge in [-0.2, -0.15) is 13.2 Å². The SMILES string of the molecule is COSc1cccc(C(F)(F)F)c1. The Hall–Kier alpha value is -0.680. The second kappa shape index (κ2) is 4.02. The van der Waals surface area contributed by atoms with E-state index in [9.17, 15) is 13.2 Å². The zero-order valence-corrected chi connectivity index (χ0v) is 7.58. The number of alkyl halides is 3. The molecule has 72 valence electrons. The summed E-state index contributed by atoms with van der Waals surface area (Å²) in [5.74, 6) is 0. The van der Waals surface area contributed by atoms with Gasteiger partial charge in [-0.15, -0.1) is 0 Å². The summed E-state index contributed by atoms with van der Waals surface area (Å²) in [6.45, 7) is 0. The minimum absolute atomic E-state index is 0.442. The molecular weight excluding hydrogens is 201 g/mol. The van der Waals surface area contributed by atoms with Gasteiger partial charge in [0.1, 0.15) is 0 Å². The summed E-state index contributed by atoms with van der Waals surface area (Å²) in [5.41, 5.74) is -0.658. The Kier molecular flexibility index (Phi) is 3.22. The fourth-order valence-electron chi connectivity index (χ4n) is 0.820. The molecule has 0 amide bonds. The molecule has 0 aliphatic rings. The molecule has 0 atom stereocenters. The largest absolute Gasteiger partial charge is 0.416 e. The van der Waals surface area contributed by atoms with E-state index in [2.05, 4.69) is 4.18 Å². The molecule has 0 aromatic heterocycles. The van der Waals surface area contributed by atoms with E-state index in [0.717, 1.165) is 24.2 Å². The second-order valence-corrected chi connectivity index (χ2v) is 3.25. The monoisotopic (exact) mass is 208 g/mol. The van der Waals surface area contributed by atoms with Gasteiger partial charge in [-0.05, 0) is 18.2 Å². The lowest BCUT2D eigenvalue weighted by molar-refractivity contribution is -0.137. The van der Waals surface area contributed by atoms with Gasteiger partial charge in [-0.25, -0.2) is 0 Å². The highest BCUT2D eigenvalue weighted by atomic mass is 32.2. The van der Waals surface area contributed by atoms with Crippen molar-refractivity contribution in [1.82, 2.24) is 0 Å². The Bertz CT molecular complexity index is 285. The van der Waals surface area contributed by atoms with E-state index in [-0.39, 0.29) is 0 Å². The van der Waals surface area contributed by atoms with Gasteiger partial charge in [-0.3, -0.25) is 0 Å². The maximum absolute atomic E-state index is 12.2. The summed E-state index contributed by atoms with van der Waals surface area (Å²) in [6.07, 6.45) is -4.29. The van der Waals surface area contributed by atoms with Crippen molar-refractivity contribution in [2.24, 2.45) is 0 Å². The molecule has 0 saturated carbocycles. The average Bonchev–Trinajstić information content (AvgIpc) is 2.04. The molecule has 0 fully saturated rings. The first-order valence-corrected chi connectivity index (χ1v) is 4.16. The highest BCUT2D eigenvalue weighted by Gasteiger charge is 2.30. The van der Waals surface area contributed by atoms with Crippen molar-refractivity contribution in [3.63, 3.8) is 0 Å². The van der Waals surface area contributed by atoms with Crippen molar-refractivity contribution in [3.8, 4) is 0 Å². The summed E-state index contributed by atoms with van der Waals surface area (Å²) in [5, 5.41) is 0. The van der Waals surface area contributed by atoms with E-state index in [1.165, 1.54) is 13.2 Å². The lowest BCUT2D eigenvalue weighted by Gasteiger charge is -2.07. The van der Waals surface area contributed by atoms with Crippen LogP contribution in [0.3, 0.4) is 0 Å². The third-order valence-corrected chi connectivity index (χ3v) is 1.95. The molecule has 0 aliphatic carbocycles. The average molecular weight is 208 g/mol. The van der Waals surface area contributed by atoms with Gasteiger partial charge in [0.05, 0.1) is 12.7 Å². The molecule has 0 unspecified atom stereocenters. The van der Waals surface area contributed by atoms with Crippen molar-refractivity contribution in [2.75, 3.05) is 7.11 Å². The molecule has 0 bridgehead atoms. The van der Waals surface area contributed by atoms with Gasteiger partial charge in [0.2, 0.25) is 0 Å². The third kappa shape index (κ3) is 2.93. The van der Waals surface area contributed by atoms with Crippen LogP contribution in [0.2, 0.25) is 0 Å². The lowest BCUT2D eigenvalue weighted by Crippen LogP contribution is -2.04. The first-order valence-electron chi connectivity index (χ1n) is 3.42. The zero-order valence-electron chi connectivity index (χ0n) is 6.76. The molecule has 0 aliphatic heterocycles. The molecule has 13 heavy (non-hydrogen) atoms. The quantitative estimate of drug-likeness (QED) is 0.689. The predicted molar refractivity (Wildman–Crippen MR) is 44.3 cm³/mol. The molecule has 0 saturated heterocycles. The molecule has 5 heteroatoms. The fourth-order valence-corrected chi connectivity index (χ4v) is 1.32. The summed E-state index contributed by atoms with van der Waals surface area (Å²) >= 11 is 0.906. The Morgan fingerprint density at radius 1 is 1.31 bits per heavy atom. The van der Waals surface area contributed by atoms with Crippen molar-refractivity contribution >= 4 is 12.0 Å². The minimum atomic E-state index is -4.29. The standard InChI is InChI=1S/C8H7F3OS/c1-12-13-7-4-2-3-6(5-7)8(9,10)11/h2-5H,1H3. The topological polar surface area (TPSA) is 9.23 Å². The van der Waals surface area contributed by atoms with Crippen molar-refractivity contribution in [3.05, 3.63) is 29.8 Å². The normalized spacial score (nSPS) is 11.7. The summed E-state index contributed by atoms with van der Waals surface area (Å²) in [7, 11) is 1.41. The van der Waals surface area contributed by atoms with Gasteiger partial charge in [0.15, 0.2) is 0 Å². The maximum atomic E-state index is 12.2. The van der Waals surface area contributed by atoms with E-state index >= 15 is 0 Å². The Balaban J connectivity index is 2.92. The summed E-state index contributed by atoms with van der Waals surface area (Å²) < 4.78 is 41.1. The Morgan fingerprint density at radius 2 is 2.00 bits per heavy atom. The van der Waals surface area contributed by atoms with Gasteiger partial charge in [-0.1, -0.05) is 6.07 Å². The Morgan fingerprint density at radius 3 is 2.54 bits per heavy atom. The van der Waals surface area contributed by atoms with E-state index in [4.69, 9.17) is 0 Å². The van der Waals surface area contributed by atoms with Gasteiger partial charge in [0, 0.05) is 16.9 Å². The van der Waals surface area contributed by atoms with E-state index < -0.39 is 11.7 Å². The molecular formula is C8H7F3OS. The van der Waals surface area contributed by atoms with Crippen LogP contribution in [0.15, 0.2) is 29.2 Å². The number of benzene rings is 1. The molecule has 1 nitrogen and oxygen atoms in total. The third-order valence-electron chi connectivity index (χ3n) is 1.34. The van der Waals surface area contributed by atoms with Crippen LogP contribution in [-0.4, -0.2) is 7.11 Å². The Labute approximate surface area is 78.1 Å². The maximum Gasteiger partial charge on any atom is 0.416 e. The minimum Gasteiger partial charge on any atom is -0.314 e. The molecule has 0 N–H and O–H groups in total. The lowest BCUT2D eigenvalue weighted by atomic mass is 10.2. The smallest absolute Gasteiger partial charge is 0.314 e. The van der Waals surface area contributed by atoms with Crippen LogP contribution >= 0.6 is 12.0 Å². The number of hydrogen-bond donors (Lipinski definition) is 0. The molecule has 0 heterocycles.